The molecule has 29 heavy (non-hydrogen) atoms. The second-order valence-electron chi connectivity index (χ2n) is 12.1. The van der Waals surface area contributed by atoms with Crippen molar-refractivity contribution in [2.24, 2.45) is 45.8 Å². The molecule has 4 aliphatic rings. The van der Waals surface area contributed by atoms with E-state index in [1.54, 1.807) is 0 Å². The van der Waals surface area contributed by atoms with E-state index in [4.69, 9.17) is 5.11 Å². The van der Waals surface area contributed by atoms with Gasteiger partial charge in [0.1, 0.15) is 0 Å². The molecule has 0 aliphatic heterocycles. The number of hydrogen-bond acceptors (Lipinski definition) is 3. The van der Waals surface area contributed by atoms with Crippen LogP contribution in [0.3, 0.4) is 0 Å². The van der Waals surface area contributed by atoms with Gasteiger partial charge < -0.3 is 15.3 Å². The van der Waals surface area contributed by atoms with E-state index in [2.05, 4.69) is 27.7 Å². The van der Waals surface area contributed by atoms with E-state index in [0.29, 0.717) is 29.6 Å². The highest BCUT2D eigenvalue weighted by Crippen LogP contribution is 2.71. The first-order valence-corrected chi connectivity index (χ1v) is 12.1. The van der Waals surface area contributed by atoms with Gasteiger partial charge in [-0.05, 0) is 104 Å². The summed E-state index contributed by atoms with van der Waals surface area (Å²) in [7, 11) is 0. The Balaban J connectivity index is 1.59. The second kappa shape index (κ2) is 7.22. The molecule has 0 radical (unpaired) electrons. The van der Waals surface area contributed by atoms with Crippen LogP contribution >= 0.6 is 0 Å². The van der Waals surface area contributed by atoms with Gasteiger partial charge in [-0.2, -0.15) is 0 Å². The molecule has 4 fully saturated rings. The summed E-state index contributed by atoms with van der Waals surface area (Å²) in [6.07, 6.45) is 8.98. The fourth-order valence-electron chi connectivity index (χ4n) is 9.17. The third kappa shape index (κ3) is 3.19. The van der Waals surface area contributed by atoms with Gasteiger partial charge in [0.25, 0.3) is 0 Å². The number of hydrogen-bond donors (Lipinski definition) is 3. The number of fused-ring (bicyclic) bond motifs is 5. The molecule has 3 N–H and O–H groups in total. The number of aliphatic hydroxyl groups is 2. The molecule has 1 unspecified atom stereocenters. The number of carboxylic acids is 1. The standard InChI is InChI=1S/C25H42O4/c1-15(5-8-21(28)29)17-6-7-18-22-19(10-11-24(17,18)3)25(4)12-9-16(26)13-23(25,2)14-20(22)27/h15-20,22,26-27H,5-14H2,1-4H3,(H,28,29)/t15-,16-,17-,18+,19+,20-,22+,23?,24-,25-/m1/s1. The largest absolute Gasteiger partial charge is 0.481 e. The zero-order valence-corrected chi connectivity index (χ0v) is 18.9. The van der Waals surface area contributed by atoms with Gasteiger partial charge in [-0.25, -0.2) is 0 Å². The van der Waals surface area contributed by atoms with Crippen molar-refractivity contribution in [3.05, 3.63) is 0 Å². The average Bonchev–Trinajstić information content (AvgIpc) is 2.98. The summed E-state index contributed by atoms with van der Waals surface area (Å²) in [6, 6.07) is 0. The molecule has 0 saturated heterocycles. The van der Waals surface area contributed by atoms with E-state index in [1.807, 2.05) is 0 Å². The first-order chi connectivity index (χ1) is 13.5. The Labute approximate surface area is 176 Å². The minimum absolute atomic E-state index is 0.0335. The lowest BCUT2D eigenvalue weighted by atomic mass is 9.39. The molecule has 4 aliphatic carbocycles. The van der Waals surface area contributed by atoms with E-state index in [-0.39, 0.29) is 34.9 Å². The van der Waals surface area contributed by atoms with Crippen LogP contribution in [0.1, 0.15) is 91.9 Å². The lowest BCUT2D eigenvalue weighted by Crippen LogP contribution is -2.62. The van der Waals surface area contributed by atoms with Crippen molar-refractivity contribution in [2.75, 3.05) is 0 Å². The van der Waals surface area contributed by atoms with Crippen LogP contribution in [0.25, 0.3) is 0 Å². The fourth-order valence-corrected chi connectivity index (χ4v) is 9.17. The van der Waals surface area contributed by atoms with Crippen LogP contribution in [0.15, 0.2) is 0 Å². The predicted octanol–water partition coefficient (Wildman–Crippen LogP) is 4.87. The molecular formula is C25H42O4. The molecule has 0 heterocycles. The minimum Gasteiger partial charge on any atom is -0.481 e. The van der Waals surface area contributed by atoms with Crippen LogP contribution in [0.2, 0.25) is 0 Å². The Bertz CT molecular complexity index is 649. The van der Waals surface area contributed by atoms with Crippen molar-refractivity contribution in [1.29, 1.82) is 0 Å². The molecule has 166 valence electrons. The highest BCUT2D eigenvalue weighted by atomic mass is 16.4. The van der Waals surface area contributed by atoms with Gasteiger partial charge in [0.2, 0.25) is 0 Å². The van der Waals surface area contributed by atoms with Gasteiger partial charge in [-0.1, -0.05) is 27.7 Å². The molecule has 0 bridgehead atoms. The third-order valence-electron chi connectivity index (χ3n) is 10.9. The maximum Gasteiger partial charge on any atom is 0.303 e. The molecule has 4 nitrogen and oxygen atoms in total. The molecular weight excluding hydrogens is 364 g/mol. The lowest BCUT2D eigenvalue weighted by Gasteiger charge is -2.66. The molecule has 0 aromatic rings. The summed E-state index contributed by atoms with van der Waals surface area (Å²) in [5.74, 6) is 1.81. The topological polar surface area (TPSA) is 77.8 Å². The first-order valence-electron chi connectivity index (χ1n) is 12.1. The first kappa shape index (κ1) is 21.6. The number of carboxylic acid groups (broad SMARTS) is 1. The monoisotopic (exact) mass is 406 g/mol. The molecule has 4 saturated carbocycles. The van der Waals surface area contributed by atoms with Gasteiger partial charge >= 0.3 is 5.97 Å². The second-order valence-corrected chi connectivity index (χ2v) is 12.1. The van der Waals surface area contributed by atoms with Crippen LogP contribution in [-0.2, 0) is 4.79 Å². The SMILES string of the molecule is C[C@H](CCC(=O)O)[C@H]1CC[C@H]2[C@@H]3[C@H](O)CC4(C)C[C@H](O)CC[C@]4(C)[C@H]3CC[C@]12C. The molecule has 0 aromatic heterocycles. The molecule has 10 atom stereocenters. The number of carbonyl (C=O) groups is 1. The Kier molecular flexibility index (Phi) is 5.38. The van der Waals surface area contributed by atoms with E-state index in [1.165, 1.54) is 25.7 Å². The lowest BCUT2D eigenvalue weighted by molar-refractivity contribution is -0.210. The van der Waals surface area contributed by atoms with E-state index >= 15 is 0 Å². The normalized spacial score (nSPS) is 52.9. The zero-order valence-electron chi connectivity index (χ0n) is 18.9. The highest BCUT2D eigenvalue weighted by Gasteiger charge is 2.65. The van der Waals surface area contributed by atoms with Crippen molar-refractivity contribution in [2.45, 2.75) is 104 Å². The van der Waals surface area contributed by atoms with E-state index in [9.17, 15) is 15.0 Å². The molecule has 4 heteroatoms. The maximum atomic E-state index is 11.4. The maximum absolute atomic E-state index is 11.4. The van der Waals surface area contributed by atoms with Gasteiger partial charge in [-0.15, -0.1) is 0 Å². The minimum atomic E-state index is -0.686. The summed E-state index contributed by atoms with van der Waals surface area (Å²) in [6.45, 7) is 9.50. The molecule has 0 aromatic carbocycles. The van der Waals surface area contributed by atoms with Gasteiger partial charge in [-0.3, -0.25) is 4.79 Å². The molecule has 0 spiro atoms. The Morgan fingerprint density at radius 2 is 1.72 bits per heavy atom. The van der Waals surface area contributed by atoms with Crippen LogP contribution in [0, 0.1) is 45.8 Å². The van der Waals surface area contributed by atoms with Crippen molar-refractivity contribution in [3.8, 4) is 0 Å². The Morgan fingerprint density at radius 3 is 2.41 bits per heavy atom. The summed E-state index contributed by atoms with van der Waals surface area (Å²) >= 11 is 0. The van der Waals surface area contributed by atoms with E-state index < -0.39 is 5.97 Å². The molecule has 0 amide bonds. The van der Waals surface area contributed by atoms with Gasteiger partial charge in [0.05, 0.1) is 12.2 Å². The summed E-state index contributed by atoms with van der Waals surface area (Å²) < 4.78 is 0. The van der Waals surface area contributed by atoms with E-state index in [0.717, 1.165) is 32.1 Å². The number of aliphatic carboxylic acids is 1. The van der Waals surface area contributed by atoms with Crippen molar-refractivity contribution in [1.82, 2.24) is 0 Å². The summed E-state index contributed by atoms with van der Waals surface area (Å²) in [5.41, 5.74) is 0.481. The van der Waals surface area contributed by atoms with Crippen LogP contribution in [0.4, 0.5) is 0 Å². The van der Waals surface area contributed by atoms with Crippen molar-refractivity contribution >= 4 is 5.97 Å². The molecule has 4 rings (SSSR count). The highest BCUT2D eigenvalue weighted by molar-refractivity contribution is 5.66. The number of aliphatic hydroxyl groups excluding tert-OH is 2. The van der Waals surface area contributed by atoms with Crippen LogP contribution in [0.5, 0.6) is 0 Å². The summed E-state index contributed by atoms with van der Waals surface area (Å²) in [5, 5.41) is 30.9. The predicted molar refractivity (Wildman–Crippen MR) is 113 cm³/mol. The fraction of sp³-hybridized carbons (Fsp3) is 0.960. The van der Waals surface area contributed by atoms with Crippen molar-refractivity contribution in [3.63, 3.8) is 0 Å². The third-order valence-corrected chi connectivity index (χ3v) is 10.9. The zero-order chi connectivity index (χ0) is 21.2. The van der Waals surface area contributed by atoms with Gasteiger partial charge in [0.15, 0.2) is 0 Å². The number of rotatable bonds is 4. The summed E-state index contributed by atoms with van der Waals surface area (Å²) in [4.78, 5) is 11.1. The smallest absolute Gasteiger partial charge is 0.303 e. The Hall–Kier alpha value is -0.610. The van der Waals surface area contributed by atoms with Crippen LogP contribution in [-0.4, -0.2) is 33.5 Å². The average molecular weight is 407 g/mol. The van der Waals surface area contributed by atoms with Gasteiger partial charge in [0, 0.05) is 6.42 Å². The van der Waals surface area contributed by atoms with Crippen molar-refractivity contribution < 1.29 is 20.1 Å². The Morgan fingerprint density at radius 1 is 1.00 bits per heavy atom. The quantitative estimate of drug-likeness (QED) is 0.622. The van der Waals surface area contributed by atoms with Crippen LogP contribution < -0.4 is 0 Å².